The Labute approximate surface area is 169 Å². The second kappa shape index (κ2) is 7.35. The highest BCUT2D eigenvalue weighted by atomic mass is 16.2. The first-order chi connectivity index (χ1) is 13.9. The average Bonchev–Trinajstić information content (AvgIpc) is 3.32. The highest BCUT2D eigenvalue weighted by molar-refractivity contribution is 6.07. The molecule has 1 aromatic heterocycles. The summed E-state index contributed by atoms with van der Waals surface area (Å²) in [6.07, 6.45) is 4.35. The molecule has 4 rings (SSSR count). The van der Waals surface area contributed by atoms with Crippen LogP contribution in [0.5, 0.6) is 0 Å². The molecular formula is C21H25N5O3. The zero-order valence-electron chi connectivity index (χ0n) is 16.7. The van der Waals surface area contributed by atoms with Gasteiger partial charge in [0.05, 0.1) is 11.3 Å². The van der Waals surface area contributed by atoms with Crippen molar-refractivity contribution in [2.45, 2.75) is 32.2 Å². The van der Waals surface area contributed by atoms with Gasteiger partial charge in [-0.15, -0.1) is 0 Å². The van der Waals surface area contributed by atoms with Gasteiger partial charge in [-0.3, -0.25) is 14.9 Å². The van der Waals surface area contributed by atoms with Crippen LogP contribution >= 0.6 is 0 Å². The van der Waals surface area contributed by atoms with Crippen molar-refractivity contribution in [1.82, 2.24) is 24.9 Å². The van der Waals surface area contributed by atoms with Crippen molar-refractivity contribution in [3.05, 3.63) is 48.3 Å². The van der Waals surface area contributed by atoms with Gasteiger partial charge in [-0.2, -0.15) is 5.10 Å². The molecule has 4 amide bonds. The largest absolute Gasteiger partial charge is 0.338 e. The number of piperidine rings is 1. The van der Waals surface area contributed by atoms with E-state index in [0.717, 1.165) is 5.69 Å². The summed E-state index contributed by atoms with van der Waals surface area (Å²) < 4.78 is 1.67. The normalized spacial score (nSPS) is 18.6. The average molecular weight is 395 g/mol. The zero-order valence-corrected chi connectivity index (χ0v) is 16.7. The van der Waals surface area contributed by atoms with Gasteiger partial charge in [0.15, 0.2) is 0 Å². The monoisotopic (exact) mass is 395 g/mol. The summed E-state index contributed by atoms with van der Waals surface area (Å²) in [6, 6.07) is 8.84. The molecule has 1 aromatic carbocycles. The van der Waals surface area contributed by atoms with Crippen molar-refractivity contribution in [2.24, 2.45) is 5.92 Å². The summed E-state index contributed by atoms with van der Waals surface area (Å²) in [5.41, 5.74) is 0.441. The molecule has 1 spiro atoms. The quantitative estimate of drug-likeness (QED) is 0.803. The number of urea groups is 1. The fraction of sp³-hybridized carbons (Fsp3) is 0.429. The van der Waals surface area contributed by atoms with Crippen LogP contribution in [0.4, 0.5) is 4.79 Å². The molecule has 3 heterocycles. The van der Waals surface area contributed by atoms with Crippen molar-refractivity contribution in [3.63, 3.8) is 0 Å². The number of benzene rings is 1. The Morgan fingerprint density at radius 2 is 1.90 bits per heavy atom. The Morgan fingerprint density at radius 1 is 1.17 bits per heavy atom. The molecule has 8 heteroatoms. The van der Waals surface area contributed by atoms with Crippen LogP contribution in [0.15, 0.2) is 42.7 Å². The molecule has 8 nitrogen and oxygen atoms in total. The molecule has 29 heavy (non-hydrogen) atoms. The van der Waals surface area contributed by atoms with E-state index in [1.807, 2.05) is 38.1 Å². The third-order valence-electron chi connectivity index (χ3n) is 5.72. The molecule has 2 aliphatic heterocycles. The molecular weight excluding hydrogens is 370 g/mol. The Bertz CT molecular complexity index is 930. The lowest BCUT2D eigenvalue weighted by atomic mass is 9.85. The summed E-state index contributed by atoms with van der Waals surface area (Å²) in [6.45, 7) is 5.40. The van der Waals surface area contributed by atoms with E-state index in [-0.39, 0.29) is 23.8 Å². The lowest BCUT2D eigenvalue weighted by Crippen LogP contribution is -2.58. The molecule has 2 fully saturated rings. The van der Waals surface area contributed by atoms with E-state index in [0.29, 0.717) is 38.0 Å². The molecule has 2 aromatic rings. The highest BCUT2D eigenvalue weighted by Gasteiger charge is 2.54. The lowest BCUT2D eigenvalue weighted by Gasteiger charge is -2.42. The van der Waals surface area contributed by atoms with Crippen LogP contribution in [0, 0.1) is 5.92 Å². The van der Waals surface area contributed by atoms with Gasteiger partial charge >= 0.3 is 6.03 Å². The standard InChI is InChI=1S/C21H25N5O3/c1-15(2)14-25-20(29)23-19(28)21(25)8-12-24(13-9-21)18(27)16-6-3-4-7-17(16)26-11-5-10-22-26/h3-7,10-11,15H,8-9,12-14H2,1-2H3,(H,23,28,29). The Hall–Kier alpha value is -3.16. The predicted octanol–water partition coefficient (Wildman–Crippen LogP) is 2.05. The highest BCUT2D eigenvalue weighted by Crippen LogP contribution is 2.34. The number of carbonyl (C=O) groups excluding carboxylic acids is 3. The van der Waals surface area contributed by atoms with E-state index in [9.17, 15) is 14.4 Å². The molecule has 2 aliphatic rings. The van der Waals surface area contributed by atoms with E-state index in [2.05, 4.69) is 10.4 Å². The van der Waals surface area contributed by atoms with Crippen molar-refractivity contribution in [1.29, 1.82) is 0 Å². The maximum absolute atomic E-state index is 13.2. The smallest absolute Gasteiger partial charge is 0.325 e. The number of amides is 4. The number of hydrogen-bond acceptors (Lipinski definition) is 4. The molecule has 0 bridgehead atoms. The van der Waals surface area contributed by atoms with E-state index in [1.54, 1.807) is 32.9 Å². The first-order valence-electron chi connectivity index (χ1n) is 9.94. The number of nitrogens with zero attached hydrogens (tertiary/aromatic N) is 4. The zero-order chi connectivity index (χ0) is 20.6. The van der Waals surface area contributed by atoms with Crippen molar-refractivity contribution in [2.75, 3.05) is 19.6 Å². The third kappa shape index (κ3) is 3.28. The Kier molecular flexibility index (Phi) is 4.86. The summed E-state index contributed by atoms with van der Waals surface area (Å²) in [5, 5.41) is 6.71. The fourth-order valence-electron chi connectivity index (χ4n) is 4.23. The second-order valence-electron chi connectivity index (χ2n) is 8.06. The number of carbonyl (C=O) groups is 3. The number of nitrogens with one attached hydrogen (secondary N) is 1. The van der Waals surface area contributed by atoms with Crippen LogP contribution in [-0.4, -0.2) is 62.6 Å². The van der Waals surface area contributed by atoms with Crippen LogP contribution in [-0.2, 0) is 4.79 Å². The number of hydrogen-bond donors (Lipinski definition) is 1. The van der Waals surface area contributed by atoms with Gasteiger partial charge in [0.1, 0.15) is 5.54 Å². The van der Waals surface area contributed by atoms with Crippen molar-refractivity contribution >= 4 is 17.8 Å². The van der Waals surface area contributed by atoms with Gasteiger partial charge in [0.2, 0.25) is 0 Å². The molecule has 1 N–H and O–H groups in total. The minimum Gasteiger partial charge on any atom is -0.338 e. The van der Waals surface area contributed by atoms with Crippen molar-refractivity contribution in [3.8, 4) is 5.69 Å². The van der Waals surface area contributed by atoms with Gasteiger partial charge in [0, 0.05) is 32.0 Å². The third-order valence-corrected chi connectivity index (χ3v) is 5.72. The van der Waals surface area contributed by atoms with E-state index < -0.39 is 5.54 Å². The fourth-order valence-corrected chi connectivity index (χ4v) is 4.23. The minimum atomic E-state index is -0.848. The molecule has 0 atom stereocenters. The topological polar surface area (TPSA) is 87.5 Å². The van der Waals surface area contributed by atoms with E-state index in [1.165, 1.54) is 0 Å². The first-order valence-corrected chi connectivity index (χ1v) is 9.94. The SMILES string of the molecule is CC(C)CN1C(=O)NC(=O)C12CCN(C(=O)c1ccccc1-n1cccn1)CC2. The Balaban J connectivity index is 1.54. The van der Waals surface area contributed by atoms with Gasteiger partial charge in [-0.25, -0.2) is 9.48 Å². The van der Waals surface area contributed by atoms with Gasteiger partial charge in [-0.05, 0) is 37.0 Å². The first kappa shape index (κ1) is 19.2. The van der Waals surface area contributed by atoms with Crippen LogP contribution in [0.1, 0.15) is 37.0 Å². The maximum atomic E-state index is 13.2. The molecule has 2 saturated heterocycles. The summed E-state index contributed by atoms with van der Waals surface area (Å²) >= 11 is 0. The van der Waals surface area contributed by atoms with Gasteiger partial charge < -0.3 is 9.80 Å². The van der Waals surface area contributed by atoms with E-state index in [4.69, 9.17) is 0 Å². The molecule has 0 aliphatic carbocycles. The van der Waals surface area contributed by atoms with Crippen LogP contribution in [0.3, 0.4) is 0 Å². The molecule has 0 unspecified atom stereocenters. The number of likely N-dealkylation sites (tertiary alicyclic amines) is 1. The predicted molar refractivity (Wildman–Crippen MR) is 107 cm³/mol. The molecule has 0 radical (unpaired) electrons. The maximum Gasteiger partial charge on any atom is 0.325 e. The summed E-state index contributed by atoms with van der Waals surface area (Å²) in [4.78, 5) is 41.6. The van der Waals surface area contributed by atoms with Crippen molar-refractivity contribution < 1.29 is 14.4 Å². The number of aromatic nitrogens is 2. The summed E-state index contributed by atoms with van der Waals surface area (Å²) in [7, 11) is 0. The minimum absolute atomic E-state index is 0.0916. The number of para-hydroxylation sites is 1. The molecule has 0 saturated carbocycles. The second-order valence-corrected chi connectivity index (χ2v) is 8.06. The van der Waals surface area contributed by atoms with E-state index >= 15 is 0 Å². The van der Waals surface area contributed by atoms with Crippen LogP contribution in [0.25, 0.3) is 5.69 Å². The van der Waals surface area contributed by atoms with Crippen LogP contribution in [0.2, 0.25) is 0 Å². The van der Waals surface area contributed by atoms with Gasteiger partial charge in [-0.1, -0.05) is 26.0 Å². The number of imide groups is 1. The van der Waals surface area contributed by atoms with Gasteiger partial charge in [0.25, 0.3) is 11.8 Å². The van der Waals surface area contributed by atoms with Crippen LogP contribution < -0.4 is 5.32 Å². The summed E-state index contributed by atoms with van der Waals surface area (Å²) in [5.74, 6) is -0.0811. The Morgan fingerprint density at radius 3 is 2.55 bits per heavy atom. The molecule has 152 valence electrons. The number of rotatable bonds is 4. The lowest BCUT2D eigenvalue weighted by molar-refractivity contribution is -0.129.